The van der Waals surface area contributed by atoms with E-state index in [4.69, 9.17) is 9.47 Å². The number of halogens is 1. The maximum Gasteiger partial charge on any atom is 0.416 e. The molecular formula is C22H22FN5O3. The van der Waals surface area contributed by atoms with Crippen LogP contribution in [0, 0.1) is 5.82 Å². The fourth-order valence-electron chi connectivity index (χ4n) is 3.03. The van der Waals surface area contributed by atoms with E-state index in [1.54, 1.807) is 51.4 Å². The van der Waals surface area contributed by atoms with Crippen LogP contribution in [-0.4, -0.2) is 39.8 Å². The lowest BCUT2D eigenvalue weighted by Crippen LogP contribution is -2.42. The Bertz CT molecular complexity index is 1080. The molecule has 4 rings (SSSR count). The monoisotopic (exact) mass is 423 g/mol. The van der Waals surface area contributed by atoms with Crippen LogP contribution in [0.15, 0.2) is 48.9 Å². The van der Waals surface area contributed by atoms with Crippen molar-refractivity contribution in [2.75, 3.05) is 23.4 Å². The molecule has 31 heavy (non-hydrogen) atoms. The van der Waals surface area contributed by atoms with Crippen LogP contribution in [0.1, 0.15) is 20.8 Å². The van der Waals surface area contributed by atoms with E-state index in [0.29, 0.717) is 28.6 Å². The van der Waals surface area contributed by atoms with Gasteiger partial charge in [0, 0.05) is 18.1 Å². The molecule has 0 spiro atoms. The summed E-state index contributed by atoms with van der Waals surface area (Å²) in [6.07, 6.45) is 3.91. The lowest BCUT2D eigenvalue weighted by atomic mass is 10.2. The average Bonchev–Trinajstić information content (AvgIpc) is 2.73. The molecule has 0 aromatic carbocycles. The van der Waals surface area contributed by atoms with Gasteiger partial charge in [-0.2, -0.15) is 0 Å². The number of aromatic nitrogens is 3. The molecule has 0 aliphatic carbocycles. The molecule has 0 unspecified atom stereocenters. The highest BCUT2D eigenvalue weighted by Crippen LogP contribution is 2.41. The molecular weight excluding hydrogens is 401 g/mol. The van der Waals surface area contributed by atoms with Crippen LogP contribution in [0.4, 0.5) is 26.4 Å². The third kappa shape index (κ3) is 4.71. The molecule has 1 aliphatic heterocycles. The second-order valence-electron chi connectivity index (χ2n) is 7.91. The highest BCUT2D eigenvalue weighted by molar-refractivity contribution is 5.92. The number of pyridine rings is 3. The second kappa shape index (κ2) is 8.17. The molecule has 0 fully saturated rings. The summed E-state index contributed by atoms with van der Waals surface area (Å²) in [4.78, 5) is 27.0. The van der Waals surface area contributed by atoms with Crippen molar-refractivity contribution in [3.05, 3.63) is 54.7 Å². The van der Waals surface area contributed by atoms with Crippen LogP contribution < -0.4 is 15.0 Å². The fourth-order valence-corrected chi connectivity index (χ4v) is 3.03. The molecule has 3 aromatic rings. The van der Waals surface area contributed by atoms with Gasteiger partial charge in [0.25, 0.3) is 0 Å². The lowest BCUT2D eigenvalue weighted by molar-refractivity contribution is 0.0566. The lowest BCUT2D eigenvalue weighted by Gasteiger charge is -2.32. The summed E-state index contributed by atoms with van der Waals surface area (Å²) in [5, 5.41) is 3.28. The van der Waals surface area contributed by atoms with Gasteiger partial charge < -0.3 is 14.8 Å². The summed E-state index contributed by atoms with van der Waals surface area (Å²) in [5.41, 5.74) is 1.61. The molecule has 1 amide bonds. The van der Waals surface area contributed by atoms with Crippen molar-refractivity contribution in [1.82, 2.24) is 15.0 Å². The van der Waals surface area contributed by atoms with E-state index in [1.165, 1.54) is 17.0 Å². The van der Waals surface area contributed by atoms with Crippen LogP contribution in [0.2, 0.25) is 0 Å². The van der Waals surface area contributed by atoms with Crippen molar-refractivity contribution >= 4 is 23.3 Å². The highest BCUT2D eigenvalue weighted by Gasteiger charge is 2.32. The van der Waals surface area contributed by atoms with Gasteiger partial charge in [0.1, 0.15) is 18.0 Å². The Balaban J connectivity index is 1.81. The number of rotatable bonds is 3. The van der Waals surface area contributed by atoms with Gasteiger partial charge in [0.2, 0.25) is 0 Å². The van der Waals surface area contributed by atoms with Crippen molar-refractivity contribution in [3.8, 4) is 17.1 Å². The zero-order valence-corrected chi connectivity index (χ0v) is 17.4. The summed E-state index contributed by atoms with van der Waals surface area (Å²) >= 11 is 0. The van der Waals surface area contributed by atoms with Crippen LogP contribution in [0.5, 0.6) is 5.75 Å². The van der Waals surface area contributed by atoms with E-state index in [0.717, 1.165) is 11.9 Å². The minimum Gasteiger partial charge on any atom is -0.486 e. The molecule has 9 heteroatoms. The van der Waals surface area contributed by atoms with E-state index in [-0.39, 0.29) is 13.2 Å². The minimum absolute atomic E-state index is 0.282. The summed E-state index contributed by atoms with van der Waals surface area (Å²) in [6.45, 7) is 5.97. The van der Waals surface area contributed by atoms with Gasteiger partial charge in [0.05, 0.1) is 29.8 Å². The van der Waals surface area contributed by atoms with Crippen molar-refractivity contribution in [1.29, 1.82) is 0 Å². The van der Waals surface area contributed by atoms with Gasteiger partial charge >= 0.3 is 6.09 Å². The van der Waals surface area contributed by atoms with E-state index in [2.05, 4.69) is 20.3 Å². The Morgan fingerprint density at radius 2 is 1.97 bits per heavy atom. The summed E-state index contributed by atoms with van der Waals surface area (Å²) < 4.78 is 24.8. The van der Waals surface area contributed by atoms with E-state index in [9.17, 15) is 9.18 Å². The molecule has 0 radical (unpaired) electrons. The Morgan fingerprint density at radius 1 is 1.19 bits per heavy atom. The molecule has 0 atom stereocenters. The quantitative estimate of drug-likeness (QED) is 0.661. The Kier molecular flexibility index (Phi) is 5.41. The van der Waals surface area contributed by atoms with Crippen LogP contribution in [-0.2, 0) is 4.74 Å². The van der Waals surface area contributed by atoms with Crippen molar-refractivity contribution < 1.29 is 18.7 Å². The predicted molar refractivity (Wildman–Crippen MR) is 114 cm³/mol. The van der Waals surface area contributed by atoms with Crippen LogP contribution in [0.25, 0.3) is 11.4 Å². The minimum atomic E-state index is -0.663. The van der Waals surface area contributed by atoms with Crippen LogP contribution in [0.3, 0.4) is 0 Å². The van der Waals surface area contributed by atoms with Gasteiger partial charge in [-0.25, -0.2) is 14.2 Å². The van der Waals surface area contributed by atoms with Gasteiger partial charge in [-0.3, -0.25) is 14.9 Å². The standard InChI is InChI=1S/C22H22FN5O3/c1-22(2,3)31-21(29)28-10-11-30-19-18(26-15-6-8-24-9-7-15)12-17(27-20(19)28)16-5-4-14(23)13-25-16/h4-9,12-13H,10-11H2,1-3H3,(H,24,26,27). The Hall–Kier alpha value is -3.75. The third-order valence-corrected chi connectivity index (χ3v) is 4.34. The number of nitrogens with zero attached hydrogens (tertiary/aromatic N) is 4. The van der Waals surface area contributed by atoms with E-state index < -0.39 is 17.5 Å². The van der Waals surface area contributed by atoms with Gasteiger partial charge in [-0.15, -0.1) is 0 Å². The largest absolute Gasteiger partial charge is 0.486 e. The number of anilines is 3. The maximum atomic E-state index is 13.4. The number of carbonyl (C=O) groups is 1. The molecule has 0 saturated heterocycles. The fraction of sp³-hybridized carbons (Fsp3) is 0.273. The molecule has 1 N–H and O–H groups in total. The number of hydrogen-bond acceptors (Lipinski definition) is 7. The number of carbonyl (C=O) groups excluding carboxylic acids is 1. The first kappa shape index (κ1) is 20.5. The zero-order valence-electron chi connectivity index (χ0n) is 17.4. The Labute approximate surface area is 179 Å². The van der Waals surface area contributed by atoms with Gasteiger partial charge in [0.15, 0.2) is 11.6 Å². The van der Waals surface area contributed by atoms with Gasteiger partial charge in [-0.1, -0.05) is 0 Å². The van der Waals surface area contributed by atoms with E-state index >= 15 is 0 Å². The molecule has 3 aromatic heterocycles. The van der Waals surface area contributed by atoms with Crippen molar-refractivity contribution in [2.24, 2.45) is 0 Å². The van der Waals surface area contributed by atoms with Crippen LogP contribution >= 0.6 is 0 Å². The van der Waals surface area contributed by atoms with Crippen molar-refractivity contribution in [3.63, 3.8) is 0 Å². The Morgan fingerprint density at radius 3 is 2.65 bits per heavy atom. The van der Waals surface area contributed by atoms with Crippen molar-refractivity contribution in [2.45, 2.75) is 26.4 Å². The molecule has 8 nitrogen and oxygen atoms in total. The SMILES string of the molecule is CC(C)(C)OC(=O)N1CCOc2c(Nc3ccncc3)cc(-c3ccc(F)cn3)nc21. The molecule has 1 aliphatic rings. The molecule has 160 valence electrons. The first-order chi connectivity index (χ1) is 14.8. The summed E-state index contributed by atoms with van der Waals surface area (Å²) in [5.74, 6) is 0.274. The third-order valence-electron chi connectivity index (χ3n) is 4.34. The zero-order chi connectivity index (χ0) is 22.0. The number of nitrogens with one attached hydrogen (secondary N) is 1. The number of ether oxygens (including phenoxy) is 2. The second-order valence-corrected chi connectivity index (χ2v) is 7.91. The molecule has 0 bridgehead atoms. The van der Waals surface area contributed by atoms with E-state index in [1.807, 2.05) is 0 Å². The predicted octanol–water partition coefficient (Wildman–Crippen LogP) is 4.56. The highest BCUT2D eigenvalue weighted by atomic mass is 19.1. The summed E-state index contributed by atoms with van der Waals surface area (Å²) in [7, 11) is 0. The molecule has 0 saturated carbocycles. The number of amides is 1. The number of hydrogen-bond donors (Lipinski definition) is 1. The first-order valence-electron chi connectivity index (χ1n) is 9.77. The van der Waals surface area contributed by atoms with Gasteiger partial charge in [-0.05, 0) is 51.1 Å². The normalized spacial score (nSPS) is 13.2. The number of fused-ring (bicyclic) bond motifs is 1. The maximum absolute atomic E-state index is 13.4. The molecule has 4 heterocycles. The topological polar surface area (TPSA) is 89.5 Å². The first-order valence-corrected chi connectivity index (χ1v) is 9.77. The smallest absolute Gasteiger partial charge is 0.416 e. The average molecular weight is 423 g/mol. The summed E-state index contributed by atoms with van der Waals surface area (Å²) in [6, 6.07) is 8.19.